The standard InChI is InChI=1S/C22H18ClF2N3O/c23-16-6-3-5-15(13-16)10-11-20-28-21-17(7-4-8-18(21)29-20)27-14-22(24,25)19-9-1-2-12-26-19/h1-9,12-13,27H,10-11,14H2. The Labute approximate surface area is 171 Å². The second-order valence-corrected chi connectivity index (χ2v) is 7.10. The molecule has 0 saturated heterocycles. The quantitative estimate of drug-likeness (QED) is 0.412. The van der Waals surface area contributed by atoms with Crippen LogP contribution in [-0.4, -0.2) is 16.5 Å². The van der Waals surface area contributed by atoms with E-state index in [1.54, 1.807) is 30.3 Å². The Kier molecular flexibility index (Phi) is 5.45. The second-order valence-electron chi connectivity index (χ2n) is 6.66. The highest BCUT2D eigenvalue weighted by molar-refractivity contribution is 6.30. The Balaban J connectivity index is 1.49. The van der Waals surface area contributed by atoms with Gasteiger partial charge in [0.2, 0.25) is 0 Å². The van der Waals surface area contributed by atoms with E-state index in [9.17, 15) is 8.78 Å². The van der Waals surface area contributed by atoms with Crippen molar-refractivity contribution in [3.8, 4) is 0 Å². The van der Waals surface area contributed by atoms with Gasteiger partial charge in [0, 0.05) is 17.6 Å². The smallest absolute Gasteiger partial charge is 0.306 e. The summed E-state index contributed by atoms with van der Waals surface area (Å²) < 4.78 is 34.6. The molecule has 0 saturated carbocycles. The highest BCUT2D eigenvalue weighted by atomic mass is 35.5. The van der Waals surface area contributed by atoms with Crippen LogP contribution < -0.4 is 5.32 Å². The first kappa shape index (κ1) is 19.3. The number of hydrogen-bond donors (Lipinski definition) is 1. The average Bonchev–Trinajstić information content (AvgIpc) is 3.15. The van der Waals surface area contributed by atoms with E-state index in [1.165, 1.54) is 12.3 Å². The Bertz CT molecular complexity index is 1120. The molecule has 0 atom stereocenters. The number of para-hydroxylation sites is 1. The van der Waals surface area contributed by atoms with Gasteiger partial charge >= 0.3 is 5.92 Å². The lowest BCUT2D eigenvalue weighted by Gasteiger charge is -2.17. The minimum absolute atomic E-state index is 0.276. The maximum Gasteiger partial charge on any atom is 0.306 e. The molecule has 4 aromatic rings. The number of rotatable bonds is 7. The molecule has 0 aliphatic heterocycles. The van der Waals surface area contributed by atoms with Crippen LogP contribution in [0.1, 0.15) is 17.1 Å². The number of nitrogens with one attached hydrogen (secondary N) is 1. The van der Waals surface area contributed by atoms with Crippen LogP contribution in [0.15, 0.2) is 71.3 Å². The van der Waals surface area contributed by atoms with Crippen molar-refractivity contribution in [3.63, 3.8) is 0 Å². The number of oxazole rings is 1. The minimum atomic E-state index is -3.11. The van der Waals surface area contributed by atoms with Gasteiger partial charge in [-0.2, -0.15) is 8.78 Å². The minimum Gasteiger partial charge on any atom is -0.441 e. The van der Waals surface area contributed by atoms with Gasteiger partial charge in [-0.25, -0.2) is 4.98 Å². The van der Waals surface area contributed by atoms with Crippen LogP contribution in [0.3, 0.4) is 0 Å². The van der Waals surface area contributed by atoms with E-state index in [-0.39, 0.29) is 5.69 Å². The topological polar surface area (TPSA) is 51.0 Å². The fourth-order valence-electron chi connectivity index (χ4n) is 3.06. The summed E-state index contributed by atoms with van der Waals surface area (Å²) in [4.78, 5) is 8.26. The van der Waals surface area contributed by atoms with E-state index in [4.69, 9.17) is 16.0 Å². The summed E-state index contributed by atoms with van der Waals surface area (Å²) in [6.45, 7) is -0.589. The Morgan fingerprint density at radius 2 is 1.86 bits per heavy atom. The number of alkyl halides is 2. The predicted molar refractivity (Wildman–Crippen MR) is 109 cm³/mol. The molecule has 4 nitrogen and oxygen atoms in total. The third kappa shape index (κ3) is 4.54. The van der Waals surface area contributed by atoms with Crippen molar-refractivity contribution >= 4 is 28.4 Å². The number of aryl methyl sites for hydroxylation is 2. The van der Waals surface area contributed by atoms with Crippen molar-refractivity contribution in [2.24, 2.45) is 0 Å². The predicted octanol–water partition coefficient (Wildman–Crippen LogP) is 5.87. The molecule has 2 aromatic heterocycles. The van der Waals surface area contributed by atoms with Crippen LogP contribution >= 0.6 is 11.6 Å². The van der Waals surface area contributed by atoms with Crippen molar-refractivity contribution in [2.45, 2.75) is 18.8 Å². The monoisotopic (exact) mass is 413 g/mol. The first-order chi connectivity index (χ1) is 14.0. The largest absolute Gasteiger partial charge is 0.441 e. The maximum absolute atomic E-state index is 14.4. The van der Waals surface area contributed by atoms with Gasteiger partial charge in [0.05, 0.1) is 12.2 Å². The highest BCUT2D eigenvalue weighted by Crippen LogP contribution is 2.29. The van der Waals surface area contributed by atoms with Crippen LogP contribution in [0.5, 0.6) is 0 Å². The molecule has 148 valence electrons. The van der Waals surface area contributed by atoms with E-state index in [0.29, 0.717) is 40.5 Å². The molecular formula is C22H18ClF2N3O. The summed E-state index contributed by atoms with van der Waals surface area (Å²) in [6.07, 6.45) is 2.65. The summed E-state index contributed by atoms with van der Waals surface area (Å²) in [6, 6.07) is 17.3. The highest BCUT2D eigenvalue weighted by Gasteiger charge is 2.33. The SMILES string of the molecule is FC(F)(CNc1cccc2oc(CCc3cccc(Cl)c3)nc12)c1ccccn1. The fraction of sp³-hybridized carbons (Fsp3) is 0.182. The maximum atomic E-state index is 14.4. The number of aromatic nitrogens is 2. The molecule has 0 spiro atoms. The first-order valence-electron chi connectivity index (χ1n) is 9.17. The molecule has 1 N–H and O–H groups in total. The number of anilines is 1. The van der Waals surface area contributed by atoms with E-state index in [1.807, 2.05) is 24.3 Å². The molecule has 7 heteroatoms. The van der Waals surface area contributed by atoms with E-state index >= 15 is 0 Å². The molecule has 0 fully saturated rings. The van der Waals surface area contributed by atoms with Crippen molar-refractivity contribution < 1.29 is 13.2 Å². The van der Waals surface area contributed by atoms with Crippen LogP contribution in [0.2, 0.25) is 5.02 Å². The van der Waals surface area contributed by atoms with Gasteiger partial charge < -0.3 is 9.73 Å². The third-order valence-electron chi connectivity index (χ3n) is 4.52. The van der Waals surface area contributed by atoms with Gasteiger partial charge in [-0.1, -0.05) is 35.9 Å². The van der Waals surface area contributed by atoms with Gasteiger partial charge in [0.25, 0.3) is 0 Å². The molecule has 0 bridgehead atoms. The number of benzene rings is 2. The summed E-state index contributed by atoms with van der Waals surface area (Å²) >= 11 is 6.01. The van der Waals surface area contributed by atoms with Crippen molar-refractivity contribution in [2.75, 3.05) is 11.9 Å². The van der Waals surface area contributed by atoms with Gasteiger partial charge in [0.15, 0.2) is 11.5 Å². The van der Waals surface area contributed by atoms with Gasteiger partial charge in [-0.3, -0.25) is 4.98 Å². The summed E-state index contributed by atoms with van der Waals surface area (Å²) in [5, 5.41) is 3.47. The van der Waals surface area contributed by atoms with Crippen molar-refractivity contribution in [3.05, 3.63) is 89.0 Å². The average molecular weight is 414 g/mol. The molecule has 2 aromatic carbocycles. The van der Waals surface area contributed by atoms with Crippen LogP contribution in [0.25, 0.3) is 11.1 Å². The lowest BCUT2D eigenvalue weighted by molar-refractivity contribution is 0.00602. The molecule has 0 aliphatic rings. The molecule has 4 rings (SSSR count). The second kappa shape index (κ2) is 8.17. The summed E-state index contributed by atoms with van der Waals surface area (Å²) in [7, 11) is 0. The van der Waals surface area contributed by atoms with Crippen LogP contribution in [0.4, 0.5) is 14.5 Å². The van der Waals surface area contributed by atoms with E-state index in [2.05, 4.69) is 15.3 Å². The Morgan fingerprint density at radius 1 is 1.00 bits per heavy atom. The number of nitrogens with zero attached hydrogens (tertiary/aromatic N) is 2. The van der Waals surface area contributed by atoms with E-state index in [0.717, 1.165) is 5.56 Å². The molecule has 0 radical (unpaired) electrons. The number of pyridine rings is 1. The fourth-order valence-corrected chi connectivity index (χ4v) is 3.28. The third-order valence-corrected chi connectivity index (χ3v) is 4.76. The van der Waals surface area contributed by atoms with Crippen molar-refractivity contribution in [1.82, 2.24) is 9.97 Å². The molecule has 0 amide bonds. The zero-order valence-corrected chi connectivity index (χ0v) is 16.2. The van der Waals surface area contributed by atoms with Gasteiger partial charge in [0.1, 0.15) is 11.2 Å². The Morgan fingerprint density at radius 3 is 2.66 bits per heavy atom. The van der Waals surface area contributed by atoms with Crippen molar-refractivity contribution in [1.29, 1.82) is 0 Å². The molecule has 2 heterocycles. The number of fused-ring (bicyclic) bond motifs is 1. The zero-order chi connectivity index (χ0) is 20.3. The molecule has 0 unspecified atom stereocenters. The summed E-state index contributed by atoms with van der Waals surface area (Å²) in [5.41, 5.74) is 2.38. The lowest BCUT2D eigenvalue weighted by atomic mass is 10.1. The normalized spacial score (nSPS) is 11.7. The Hall–Kier alpha value is -2.99. The molecule has 29 heavy (non-hydrogen) atoms. The number of halogens is 3. The van der Waals surface area contributed by atoms with E-state index < -0.39 is 12.5 Å². The van der Waals surface area contributed by atoms with Crippen LogP contribution in [-0.2, 0) is 18.8 Å². The van der Waals surface area contributed by atoms with Crippen LogP contribution in [0, 0.1) is 0 Å². The first-order valence-corrected chi connectivity index (χ1v) is 9.55. The molecule has 0 aliphatic carbocycles. The van der Waals surface area contributed by atoms with Gasteiger partial charge in [-0.15, -0.1) is 0 Å². The lowest BCUT2D eigenvalue weighted by Crippen LogP contribution is -2.25. The summed E-state index contributed by atoms with van der Waals surface area (Å²) in [5.74, 6) is -2.56. The van der Waals surface area contributed by atoms with Gasteiger partial charge in [-0.05, 0) is 48.4 Å². The zero-order valence-electron chi connectivity index (χ0n) is 15.4. The molecular weight excluding hydrogens is 396 g/mol. The number of hydrogen-bond acceptors (Lipinski definition) is 4.